The summed E-state index contributed by atoms with van der Waals surface area (Å²) in [4.78, 5) is 43.5. The summed E-state index contributed by atoms with van der Waals surface area (Å²) in [5, 5.41) is 56.8. The molecule has 9 N–H and O–H groups in total. The van der Waals surface area contributed by atoms with E-state index in [1.165, 1.54) is 0 Å². The van der Waals surface area contributed by atoms with E-state index in [9.17, 15) is 14.4 Å². The summed E-state index contributed by atoms with van der Waals surface area (Å²) in [6.45, 7) is 1.35. The normalized spacial score (nSPS) is 12.3. The number of carbonyl (C=O) groups is 3. The Morgan fingerprint density at radius 2 is 0.652 bits per heavy atom. The molecule has 0 aliphatic heterocycles. The molecule has 3 atom stereocenters. The summed E-state index contributed by atoms with van der Waals surface area (Å²) in [7, 11) is 0. The largest absolute Gasteiger partial charge is 0.481 e. The van der Waals surface area contributed by atoms with Gasteiger partial charge in [0.15, 0.2) is 0 Å². The minimum Gasteiger partial charge on any atom is -0.481 e. The standard InChI is InChI=1S/3C17H15NO2.C6H14O3/c3*19-17(20)11-14(12-6-2-1-3-7-12)16-10-13-8-4-5-9-15(13)18-16;1-2-6(3-7,4-8)5-9/h3*1-10,14,18H,11H2,(H,19,20);7-9H,2-5H2,1H3. The van der Waals surface area contributed by atoms with Crippen LogP contribution in [0.5, 0.6) is 0 Å². The molecule has 12 nitrogen and oxygen atoms in total. The lowest BCUT2D eigenvalue weighted by atomic mass is 9.88. The predicted octanol–water partition coefficient (Wildman–Crippen LogP) is 10.7. The molecule has 0 saturated heterocycles. The van der Waals surface area contributed by atoms with Crippen molar-refractivity contribution in [3.05, 3.63) is 216 Å². The Morgan fingerprint density at radius 1 is 0.406 bits per heavy atom. The van der Waals surface area contributed by atoms with E-state index in [0.29, 0.717) is 6.42 Å². The maximum Gasteiger partial charge on any atom is 0.304 e. The summed E-state index contributed by atoms with van der Waals surface area (Å²) in [6, 6.07) is 59.3. The second-order valence-electron chi connectivity index (χ2n) is 16.9. The fourth-order valence-electron chi connectivity index (χ4n) is 8.14. The minimum atomic E-state index is -0.794. The van der Waals surface area contributed by atoms with Gasteiger partial charge < -0.3 is 45.6 Å². The fraction of sp³-hybridized carbons (Fsp3) is 0.211. The number of carboxylic acid groups (broad SMARTS) is 3. The van der Waals surface area contributed by atoms with Crippen molar-refractivity contribution in [2.24, 2.45) is 5.41 Å². The average Bonchev–Trinajstić information content (AvgIpc) is 4.14. The van der Waals surface area contributed by atoms with Gasteiger partial charge in [0.05, 0.1) is 39.1 Å². The van der Waals surface area contributed by atoms with E-state index < -0.39 is 23.3 Å². The Morgan fingerprint density at radius 3 is 0.855 bits per heavy atom. The number of aliphatic carboxylic acids is 3. The van der Waals surface area contributed by atoms with E-state index in [2.05, 4.69) is 15.0 Å². The van der Waals surface area contributed by atoms with Crippen LogP contribution < -0.4 is 0 Å². The molecule has 0 bridgehead atoms. The summed E-state index contributed by atoms with van der Waals surface area (Å²) >= 11 is 0. The van der Waals surface area contributed by atoms with E-state index in [-0.39, 0.29) is 56.8 Å². The molecule has 0 radical (unpaired) electrons. The van der Waals surface area contributed by atoms with Crippen LogP contribution >= 0.6 is 0 Å². The molecule has 0 spiro atoms. The molecule has 0 saturated carbocycles. The highest BCUT2D eigenvalue weighted by Gasteiger charge is 2.25. The molecule has 69 heavy (non-hydrogen) atoms. The highest BCUT2D eigenvalue weighted by Crippen LogP contribution is 2.32. The van der Waals surface area contributed by atoms with Crippen molar-refractivity contribution < 1.29 is 45.0 Å². The van der Waals surface area contributed by atoms with Crippen molar-refractivity contribution in [3.63, 3.8) is 0 Å². The summed E-state index contributed by atoms with van der Waals surface area (Å²) < 4.78 is 0. The molecule has 12 heteroatoms. The van der Waals surface area contributed by atoms with Crippen LogP contribution in [0.4, 0.5) is 0 Å². The molecule has 356 valence electrons. The first kappa shape index (κ1) is 50.6. The van der Waals surface area contributed by atoms with Crippen LogP contribution in [-0.2, 0) is 14.4 Å². The van der Waals surface area contributed by atoms with Gasteiger partial charge in [-0.15, -0.1) is 0 Å². The lowest BCUT2D eigenvalue weighted by molar-refractivity contribution is -0.138. The Hall–Kier alpha value is -7.77. The molecule has 0 amide bonds. The van der Waals surface area contributed by atoms with E-state index in [1.807, 2.05) is 189 Å². The first-order valence-electron chi connectivity index (χ1n) is 22.8. The van der Waals surface area contributed by atoms with Gasteiger partial charge in [-0.1, -0.05) is 153 Å². The zero-order chi connectivity index (χ0) is 49.2. The van der Waals surface area contributed by atoms with Gasteiger partial charge >= 0.3 is 17.9 Å². The Kier molecular flexibility index (Phi) is 18.2. The van der Waals surface area contributed by atoms with Gasteiger partial charge in [-0.3, -0.25) is 14.4 Å². The number of H-pyrrole nitrogens is 3. The maximum absolute atomic E-state index is 11.2. The Labute approximate surface area is 400 Å². The Bertz CT molecular complexity index is 2570. The van der Waals surface area contributed by atoms with Crippen LogP contribution in [0, 0.1) is 5.41 Å². The number of carboxylic acids is 3. The zero-order valence-corrected chi connectivity index (χ0v) is 38.4. The third kappa shape index (κ3) is 13.9. The monoisotopic (exact) mass is 929 g/mol. The lowest BCUT2D eigenvalue weighted by Crippen LogP contribution is -2.32. The maximum atomic E-state index is 11.2. The minimum absolute atomic E-state index is 0.0802. The molecule has 0 fully saturated rings. The number of benzene rings is 6. The molecule has 9 aromatic rings. The first-order valence-corrected chi connectivity index (χ1v) is 22.8. The topological polar surface area (TPSA) is 220 Å². The van der Waals surface area contributed by atoms with Crippen LogP contribution in [0.1, 0.15) is 84.1 Å². The molecule has 3 aromatic heterocycles. The van der Waals surface area contributed by atoms with E-state index in [4.69, 9.17) is 30.6 Å². The third-order valence-corrected chi connectivity index (χ3v) is 12.3. The number of nitrogens with one attached hydrogen (secondary N) is 3. The van der Waals surface area contributed by atoms with E-state index in [1.54, 1.807) is 0 Å². The average molecular weight is 930 g/mol. The molecule has 3 unspecified atom stereocenters. The van der Waals surface area contributed by atoms with Crippen LogP contribution in [0.2, 0.25) is 0 Å². The summed E-state index contributed by atoms with van der Waals surface area (Å²) in [5.74, 6) is -2.84. The molecule has 3 heterocycles. The number of aliphatic hydroxyl groups excluding tert-OH is 3. The molecular weight excluding hydrogens is 871 g/mol. The second kappa shape index (κ2) is 24.8. The second-order valence-corrected chi connectivity index (χ2v) is 16.9. The van der Waals surface area contributed by atoms with Gasteiger partial charge in [0.2, 0.25) is 0 Å². The number of fused-ring (bicyclic) bond motifs is 3. The number of hydrogen-bond acceptors (Lipinski definition) is 6. The van der Waals surface area contributed by atoms with Crippen molar-refractivity contribution in [1.29, 1.82) is 0 Å². The van der Waals surface area contributed by atoms with Crippen LogP contribution in [0.15, 0.2) is 182 Å². The molecule has 9 rings (SSSR count). The first-order chi connectivity index (χ1) is 33.5. The third-order valence-electron chi connectivity index (χ3n) is 12.3. The fourth-order valence-corrected chi connectivity index (χ4v) is 8.14. The number of aromatic amines is 3. The number of hydrogen-bond donors (Lipinski definition) is 9. The number of aromatic nitrogens is 3. The zero-order valence-electron chi connectivity index (χ0n) is 38.4. The van der Waals surface area contributed by atoms with Gasteiger partial charge in [0.25, 0.3) is 0 Å². The highest BCUT2D eigenvalue weighted by atomic mass is 16.4. The predicted molar refractivity (Wildman–Crippen MR) is 270 cm³/mol. The van der Waals surface area contributed by atoms with Crippen LogP contribution in [-0.4, -0.2) is 83.3 Å². The van der Waals surface area contributed by atoms with Gasteiger partial charge in [0, 0.05) is 56.8 Å². The number of rotatable bonds is 16. The quantitative estimate of drug-likeness (QED) is 0.0449. The Balaban J connectivity index is 0.000000156. The van der Waals surface area contributed by atoms with Gasteiger partial charge in [-0.05, 0) is 75.7 Å². The van der Waals surface area contributed by atoms with Gasteiger partial charge in [0.1, 0.15) is 0 Å². The van der Waals surface area contributed by atoms with E-state index >= 15 is 0 Å². The molecule has 0 aliphatic carbocycles. The SMILES string of the molecule is CCC(CO)(CO)CO.O=C(O)CC(c1ccccc1)c1cc2ccccc2[nH]1.O=C(O)CC(c1ccccc1)c1cc2ccccc2[nH]1.O=C(O)CC(c1ccccc1)c1cc2ccccc2[nH]1. The number of para-hydroxylation sites is 3. The van der Waals surface area contributed by atoms with Crippen molar-refractivity contribution in [3.8, 4) is 0 Å². The summed E-state index contributed by atoms with van der Waals surface area (Å²) in [5.41, 5.74) is 8.32. The van der Waals surface area contributed by atoms with Crippen molar-refractivity contribution in [2.75, 3.05) is 19.8 Å². The molecular formula is C57H59N3O9. The number of aliphatic hydroxyl groups is 3. The van der Waals surface area contributed by atoms with Crippen LogP contribution in [0.3, 0.4) is 0 Å². The van der Waals surface area contributed by atoms with Crippen molar-refractivity contribution >= 4 is 50.6 Å². The summed E-state index contributed by atoms with van der Waals surface area (Å²) in [6.07, 6.45) is 0.834. The highest BCUT2D eigenvalue weighted by molar-refractivity contribution is 5.83. The lowest BCUT2D eigenvalue weighted by Gasteiger charge is -2.24. The van der Waals surface area contributed by atoms with Crippen molar-refractivity contribution in [1.82, 2.24) is 15.0 Å². The molecule has 6 aromatic carbocycles. The van der Waals surface area contributed by atoms with E-state index in [0.717, 1.165) is 66.5 Å². The van der Waals surface area contributed by atoms with Gasteiger partial charge in [-0.2, -0.15) is 0 Å². The van der Waals surface area contributed by atoms with Gasteiger partial charge in [-0.25, -0.2) is 0 Å². The van der Waals surface area contributed by atoms with Crippen molar-refractivity contribution in [2.45, 2.75) is 50.4 Å². The smallest absolute Gasteiger partial charge is 0.304 e. The van der Waals surface area contributed by atoms with Crippen LogP contribution in [0.25, 0.3) is 32.7 Å². The molecule has 0 aliphatic rings.